The van der Waals surface area contributed by atoms with Crippen molar-refractivity contribution < 1.29 is 0 Å². The predicted octanol–water partition coefficient (Wildman–Crippen LogP) is 3.96. The molecule has 3 N–H and O–H groups in total. The minimum Gasteiger partial charge on any atom is -0.389 e. The average molecular weight is 297 g/mol. The summed E-state index contributed by atoms with van der Waals surface area (Å²) in [5.74, 6) is 0. The third-order valence-corrected chi connectivity index (χ3v) is 4.04. The van der Waals surface area contributed by atoms with E-state index in [9.17, 15) is 0 Å². The number of hydrogen-bond donors (Lipinski definition) is 2. The van der Waals surface area contributed by atoms with Crippen molar-refractivity contribution in [3.63, 3.8) is 0 Å². The molecule has 0 amide bonds. The van der Waals surface area contributed by atoms with Crippen LogP contribution < -0.4 is 11.1 Å². The summed E-state index contributed by atoms with van der Waals surface area (Å²) in [6, 6.07) is 5.47. The van der Waals surface area contributed by atoms with Crippen molar-refractivity contribution in [3.8, 4) is 0 Å². The van der Waals surface area contributed by atoms with Crippen LogP contribution >= 0.6 is 35.2 Å². The molecule has 0 aliphatic rings. The molecule has 18 heavy (non-hydrogen) atoms. The average Bonchev–Trinajstić information content (AvgIpc) is 2.72. The highest BCUT2D eigenvalue weighted by atomic mass is 35.5. The standard InChI is InChI=1S/C13H13ClN2S2/c1-8-6-18-7-9(8)5-16-12-4-10(14)2-3-11(12)13(15)17/h2-4,6-7,16H,5H2,1H3,(H2,15,17). The van der Waals surface area contributed by atoms with Gasteiger partial charge in [-0.05, 0) is 47.0 Å². The quantitative estimate of drug-likeness (QED) is 0.839. The highest BCUT2D eigenvalue weighted by Gasteiger charge is 2.07. The molecule has 0 spiro atoms. The molecule has 1 aromatic heterocycles. The Bertz CT molecular complexity index is 578. The Labute approximate surface area is 121 Å². The van der Waals surface area contributed by atoms with Crippen LogP contribution in [0.3, 0.4) is 0 Å². The lowest BCUT2D eigenvalue weighted by Crippen LogP contribution is -2.13. The van der Waals surface area contributed by atoms with Crippen LogP contribution in [0.4, 0.5) is 5.69 Å². The normalized spacial score (nSPS) is 10.3. The van der Waals surface area contributed by atoms with Crippen LogP contribution in [0, 0.1) is 6.92 Å². The molecule has 0 atom stereocenters. The van der Waals surface area contributed by atoms with Crippen LogP contribution in [0.25, 0.3) is 0 Å². The summed E-state index contributed by atoms with van der Waals surface area (Å²) < 4.78 is 0. The van der Waals surface area contributed by atoms with Crippen molar-refractivity contribution in [2.45, 2.75) is 13.5 Å². The molecule has 2 rings (SSSR count). The molecule has 5 heteroatoms. The number of anilines is 1. The van der Waals surface area contributed by atoms with Gasteiger partial charge in [-0.2, -0.15) is 11.3 Å². The van der Waals surface area contributed by atoms with Gasteiger partial charge in [0.25, 0.3) is 0 Å². The van der Waals surface area contributed by atoms with Crippen LogP contribution in [0.1, 0.15) is 16.7 Å². The Morgan fingerprint density at radius 3 is 2.83 bits per heavy atom. The predicted molar refractivity (Wildman–Crippen MR) is 83.7 cm³/mol. The van der Waals surface area contributed by atoms with E-state index in [4.69, 9.17) is 29.6 Å². The largest absolute Gasteiger partial charge is 0.389 e. The number of halogens is 1. The number of nitrogens with one attached hydrogen (secondary N) is 1. The van der Waals surface area contributed by atoms with Gasteiger partial charge >= 0.3 is 0 Å². The van der Waals surface area contributed by atoms with Crippen LogP contribution in [-0.2, 0) is 6.54 Å². The fraction of sp³-hybridized carbons (Fsp3) is 0.154. The Morgan fingerprint density at radius 2 is 2.22 bits per heavy atom. The topological polar surface area (TPSA) is 38.0 Å². The summed E-state index contributed by atoms with van der Waals surface area (Å²) in [5, 5.41) is 8.26. The smallest absolute Gasteiger partial charge is 0.106 e. The summed E-state index contributed by atoms with van der Waals surface area (Å²) in [6.07, 6.45) is 0. The first-order chi connectivity index (χ1) is 8.58. The number of rotatable bonds is 4. The summed E-state index contributed by atoms with van der Waals surface area (Å²) in [6.45, 7) is 2.84. The van der Waals surface area contributed by atoms with Crippen molar-refractivity contribution in [1.29, 1.82) is 0 Å². The molecule has 1 heterocycles. The Morgan fingerprint density at radius 1 is 1.44 bits per heavy atom. The number of thiophene rings is 1. The zero-order valence-electron chi connectivity index (χ0n) is 9.87. The van der Waals surface area contributed by atoms with E-state index in [1.54, 1.807) is 17.4 Å². The van der Waals surface area contributed by atoms with E-state index in [2.05, 4.69) is 23.0 Å². The Balaban J connectivity index is 2.20. The minimum atomic E-state index is 0.371. The number of hydrogen-bond acceptors (Lipinski definition) is 3. The molecule has 0 saturated heterocycles. The summed E-state index contributed by atoms with van der Waals surface area (Å²) >= 11 is 12.7. The van der Waals surface area contributed by atoms with Gasteiger partial charge in [-0.1, -0.05) is 23.8 Å². The molecule has 0 aliphatic heterocycles. The van der Waals surface area contributed by atoms with E-state index >= 15 is 0 Å². The van der Waals surface area contributed by atoms with E-state index in [-0.39, 0.29) is 0 Å². The maximum Gasteiger partial charge on any atom is 0.106 e. The van der Waals surface area contributed by atoms with E-state index in [1.165, 1.54) is 11.1 Å². The monoisotopic (exact) mass is 296 g/mol. The molecule has 0 aliphatic carbocycles. The fourth-order valence-corrected chi connectivity index (χ4v) is 2.84. The van der Waals surface area contributed by atoms with Crippen molar-refractivity contribution in [2.75, 3.05) is 5.32 Å². The number of aryl methyl sites for hydroxylation is 1. The van der Waals surface area contributed by atoms with Crippen LogP contribution in [0.15, 0.2) is 29.0 Å². The SMILES string of the molecule is Cc1cscc1CNc1cc(Cl)ccc1C(N)=S. The zero-order valence-corrected chi connectivity index (χ0v) is 12.3. The van der Waals surface area contributed by atoms with Crippen molar-refractivity contribution in [1.82, 2.24) is 0 Å². The second-order valence-corrected chi connectivity index (χ2v) is 5.61. The third kappa shape index (κ3) is 3.02. The van der Waals surface area contributed by atoms with Gasteiger partial charge in [-0.15, -0.1) is 0 Å². The Kier molecular flexibility index (Phi) is 4.22. The van der Waals surface area contributed by atoms with Gasteiger partial charge in [-0.25, -0.2) is 0 Å². The molecule has 94 valence electrons. The van der Waals surface area contributed by atoms with Gasteiger partial charge < -0.3 is 11.1 Å². The fourth-order valence-electron chi connectivity index (χ4n) is 1.64. The van der Waals surface area contributed by atoms with E-state index < -0.39 is 0 Å². The lowest BCUT2D eigenvalue weighted by atomic mass is 10.1. The first-order valence-electron chi connectivity index (χ1n) is 5.43. The number of benzene rings is 1. The minimum absolute atomic E-state index is 0.371. The highest BCUT2D eigenvalue weighted by Crippen LogP contribution is 2.23. The van der Waals surface area contributed by atoms with Crippen LogP contribution in [0.5, 0.6) is 0 Å². The van der Waals surface area contributed by atoms with Gasteiger partial charge in [0.2, 0.25) is 0 Å². The first-order valence-corrected chi connectivity index (χ1v) is 7.15. The van der Waals surface area contributed by atoms with Crippen LogP contribution in [-0.4, -0.2) is 4.99 Å². The van der Waals surface area contributed by atoms with E-state index in [1.807, 2.05) is 12.1 Å². The molecular formula is C13H13ClN2S2. The van der Waals surface area contributed by atoms with E-state index in [0.29, 0.717) is 10.0 Å². The molecule has 2 nitrogen and oxygen atoms in total. The molecule has 1 aromatic carbocycles. The second kappa shape index (κ2) is 5.69. The third-order valence-electron chi connectivity index (χ3n) is 2.68. The Hall–Kier alpha value is -1.10. The van der Waals surface area contributed by atoms with Crippen molar-refractivity contribution >= 4 is 45.8 Å². The molecule has 0 radical (unpaired) electrons. The lowest BCUT2D eigenvalue weighted by molar-refractivity contribution is 1.14. The molecule has 0 bridgehead atoms. The van der Waals surface area contributed by atoms with Gasteiger partial charge in [0.1, 0.15) is 4.99 Å². The maximum atomic E-state index is 5.99. The summed E-state index contributed by atoms with van der Waals surface area (Å²) in [7, 11) is 0. The first kappa shape index (κ1) is 13.3. The van der Waals surface area contributed by atoms with Gasteiger partial charge in [-0.3, -0.25) is 0 Å². The molecule has 2 aromatic rings. The molecule has 0 saturated carbocycles. The van der Waals surface area contributed by atoms with Crippen molar-refractivity contribution in [3.05, 3.63) is 50.7 Å². The summed E-state index contributed by atoms with van der Waals surface area (Å²) in [4.78, 5) is 0.371. The van der Waals surface area contributed by atoms with Gasteiger partial charge in [0.15, 0.2) is 0 Å². The molecule has 0 unspecified atom stereocenters. The maximum absolute atomic E-state index is 5.99. The summed E-state index contributed by atoms with van der Waals surface area (Å²) in [5.41, 5.74) is 9.95. The van der Waals surface area contributed by atoms with Gasteiger partial charge in [0.05, 0.1) is 0 Å². The second-order valence-electron chi connectivity index (χ2n) is 3.99. The van der Waals surface area contributed by atoms with Crippen molar-refractivity contribution in [2.24, 2.45) is 5.73 Å². The number of nitrogens with two attached hydrogens (primary N) is 1. The van der Waals surface area contributed by atoms with Crippen LogP contribution in [0.2, 0.25) is 5.02 Å². The molecular weight excluding hydrogens is 284 g/mol. The molecule has 0 fully saturated rings. The lowest BCUT2D eigenvalue weighted by Gasteiger charge is -2.11. The highest BCUT2D eigenvalue weighted by molar-refractivity contribution is 7.80. The number of thiocarbonyl (C=S) groups is 1. The zero-order chi connectivity index (χ0) is 13.1. The van der Waals surface area contributed by atoms with Gasteiger partial charge in [0, 0.05) is 22.8 Å². The van der Waals surface area contributed by atoms with E-state index in [0.717, 1.165) is 17.8 Å².